The summed E-state index contributed by atoms with van der Waals surface area (Å²) in [5.74, 6) is -0.223. The van der Waals surface area contributed by atoms with Gasteiger partial charge in [-0.2, -0.15) is 0 Å². The van der Waals surface area contributed by atoms with E-state index in [1.807, 2.05) is 6.08 Å². The van der Waals surface area contributed by atoms with Crippen molar-refractivity contribution in [2.45, 2.75) is 275 Å². The number of unbranched alkanes of at least 4 members (excludes halogenated alkanes) is 21. The van der Waals surface area contributed by atoms with Crippen molar-refractivity contribution in [2.75, 3.05) is 13.2 Å². The van der Waals surface area contributed by atoms with Crippen LogP contribution in [0.5, 0.6) is 0 Å². The number of rotatable bonds is 51. The Morgan fingerprint density at radius 3 is 1.19 bits per heavy atom. The summed E-state index contributed by atoms with van der Waals surface area (Å²) in [5.41, 5.74) is 0. The lowest BCUT2D eigenvalue weighted by atomic mass is 9.99. The Kier molecular flexibility index (Phi) is 51.5. The first-order valence-corrected chi connectivity index (χ1v) is 30.9. The van der Waals surface area contributed by atoms with Gasteiger partial charge in [0, 0.05) is 6.42 Å². The van der Waals surface area contributed by atoms with Crippen molar-refractivity contribution in [3.63, 3.8) is 0 Å². The summed E-state index contributed by atoms with van der Waals surface area (Å²) in [6.45, 7) is 3.64. The normalized spacial score (nSPS) is 19.7. The van der Waals surface area contributed by atoms with Crippen LogP contribution in [0.2, 0.25) is 0 Å². The molecule has 7 unspecified atom stereocenters. The van der Waals surface area contributed by atoms with Crippen LogP contribution in [0.4, 0.5) is 0 Å². The van der Waals surface area contributed by atoms with Crippen LogP contribution in [0, 0.1) is 0 Å². The van der Waals surface area contributed by atoms with E-state index in [4.69, 9.17) is 9.47 Å². The zero-order chi connectivity index (χ0) is 55.8. The molecule has 1 fully saturated rings. The van der Waals surface area contributed by atoms with Gasteiger partial charge in [-0.05, 0) is 96.3 Å². The van der Waals surface area contributed by atoms with Gasteiger partial charge in [0.2, 0.25) is 5.91 Å². The molecule has 6 N–H and O–H groups in total. The van der Waals surface area contributed by atoms with Crippen molar-refractivity contribution in [1.29, 1.82) is 0 Å². The number of amides is 1. The summed E-state index contributed by atoms with van der Waals surface area (Å²) in [5, 5.41) is 54.6. The highest BCUT2D eigenvalue weighted by atomic mass is 16.7. The summed E-state index contributed by atoms with van der Waals surface area (Å²) >= 11 is 0. The first kappa shape index (κ1) is 71.3. The molecule has 438 valence electrons. The Bertz CT molecular complexity index is 1670. The van der Waals surface area contributed by atoms with Gasteiger partial charge in [-0.3, -0.25) is 4.79 Å². The van der Waals surface area contributed by atoms with Crippen molar-refractivity contribution in [1.82, 2.24) is 5.32 Å². The molecule has 0 radical (unpaired) electrons. The van der Waals surface area contributed by atoms with E-state index in [0.717, 1.165) is 96.3 Å². The molecular formula is C68H113NO8. The molecule has 0 saturated carbocycles. The Balaban J connectivity index is 2.27. The van der Waals surface area contributed by atoms with Crippen molar-refractivity contribution in [3.8, 4) is 0 Å². The fourth-order valence-corrected chi connectivity index (χ4v) is 8.89. The van der Waals surface area contributed by atoms with E-state index >= 15 is 0 Å². The zero-order valence-electron chi connectivity index (χ0n) is 48.7. The molecule has 1 heterocycles. The highest BCUT2D eigenvalue weighted by molar-refractivity contribution is 5.76. The quantitative estimate of drug-likeness (QED) is 0.0261. The molecule has 1 aliphatic rings. The van der Waals surface area contributed by atoms with E-state index in [1.165, 1.54) is 109 Å². The second-order valence-electron chi connectivity index (χ2n) is 20.8. The van der Waals surface area contributed by atoms with Crippen LogP contribution < -0.4 is 5.32 Å². The molecule has 0 bridgehead atoms. The summed E-state index contributed by atoms with van der Waals surface area (Å²) in [7, 11) is 0. The van der Waals surface area contributed by atoms with E-state index in [2.05, 4.69) is 141 Å². The lowest BCUT2D eigenvalue weighted by Crippen LogP contribution is -2.60. The second-order valence-corrected chi connectivity index (χ2v) is 20.8. The number of aliphatic hydroxyl groups is 5. The van der Waals surface area contributed by atoms with E-state index < -0.39 is 49.5 Å². The Morgan fingerprint density at radius 1 is 0.455 bits per heavy atom. The van der Waals surface area contributed by atoms with Crippen LogP contribution >= 0.6 is 0 Å². The van der Waals surface area contributed by atoms with Crippen molar-refractivity contribution < 1.29 is 39.8 Å². The van der Waals surface area contributed by atoms with E-state index in [1.54, 1.807) is 6.08 Å². The summed E-state index contributed by atoms with van der Waals surface area (Å²) in [6.07, 6.45) is 78.0. The van der Waals surface area contributed by atoms with Crippen LogP contribution in [0.25, 0.3) is 0 Å². The van der Waals surface area contributed by atoms with Gasteiger partial charge >= 0.3 is 0 Å². The third kappa shape index (κ3) is 44.8. The summed E-state index contributed by atoms with van der Waals surface area (Å²) < 4.78 is 11.3. The van der Waals surface area contributed by atoms with Crippen LogP contribution in [0.15, 0.2) is 134 Å². The number of carbonyl (C=O) groups is 1. The molecule has 1 saturated heterocycles. The molecular weight excluding hydrogens is 959 g/mol. The predicted molar refractivity (Wildman–Crippen MR) is 327 cm³/mol. The van der Waals surface area contributed by atoms with Gasteiger partial charge in [0.1, 0.15) is 24.4 Å². The molecule has 0 aromatic heterocycles. The largest absolute Gasteiger partial charge is 0.394 e. The fourth-order valence-electron chi connectivity index (χ4n) is 8.89. The number of hydrogen-bond acceptors (Lipinski definition) is 8. The third-order valence-corrected chi connectivity index (χ3v) is 13.7. The van der Waals surface area contributed by atoms with Crippen LogP contribution in [-0.2, 0) is 14.3 Å². The van der Waals surface area contributed by atoms with E-state index in [-0.39, 0.29) is 18.9 Å². The lowest BCUT2D eigenvalue weighted by molar-refractivity contribution is -0.302. The molecule has 9 heteroatoms. The smallest absolute Gasteiger partial charge is 0.220 e. The van der Waals surface area contributed by atoms with Crippen LogP contribution in [0.1, 0.15) is 232 Å². The molecule has 0 aromatic carbocycles. The fraction of sp³-hybridized carbons (Fsp3) is 0.662. The number of ether oxygens (including phenoxy) is 2. The van der Waals surface area contributed by atoms with Gasteiger partial charge in [0.05, 0.1) is 25.4 Å². The average molecular weight is 1070 g/mol. The lowest BCUT2D eigenvalue weighted by Gasteiger charge is -2.40. The standard InChI is InChI=1S/C68H113NO8/c1-3-5-7-9-11-13-15-17-19-21-23-25-26-27-28-29-30-31-32-33-34-35-36-38-40-42-44-46-48-50-52-54-56-58-64(72)69-61(60-76-68-67(75)66(74)65(73)63(59-70)77-68)62(71)57-55-53-51-49-47-45-43-41-39-37-24-22-20-18-16-14-12-10-8-6-4-2/h5,7,11,13,17,19,23,25,27-28,30-31,33-34,36,38,42,44,48,50,55,57,61-63,65-68,70-71,73-75H,3-4,6,8-10,12,14-16,18,20-22,24,26,29,32,35,37,39-41,43,45-47,49,51-54,56,58-60H2,1-2H3,(H,69,72)/b7-5-,13-11-,19-17-,25-23-,28-27-,31-30-,34-33-,38-36-,44-42-,50-48-,57-55+. The maximum atomic E-state index is 13.1. The monoisotopic (exact) mass is 1070 g/mol. The van der Waals surface area contributed by atoms with Crippen molar-refractivity contribution in [2.24, 2.45) is 0 Å². The van der Waals surface area contributed by atoms with Gasteiger partial charge in [-0.25, -0.2) is 0 Å². The Morgan fingerprint density at radius 2 is 0.805 bits per heavy atom. The third-order valence-electron chi connectivity index (χ3n) is 13.7. The van der Waals surface area contributed by atoms with E-state index in [9.17, 15) is 30.3 Å². The number of nitrogens with one attached hydrogen (secondary N) is 1. The van der Waals surface area contributed by atoms with Gasteiger partial charge < -0.3 is 40.3 Å². The number of aliphatic hydroxyl groups excluding tert-OH is 5. The number of allylic oxidation sites excluding steroid dienone is 21. The van der Waals surface area contributed by atoms with Gasteiger partial charge in [-0.15, -0.1) is 0 Å². The topological polar surface area (TPSA) is 149 Å². The van der Waals surface area contributed by atoms with Gasteiger partial charge in [0.15, 0.2) is 6.29 Å². The molecule has 7 atom stereocenters. The molecule has 0 spiro atoms. The zero-order valence-corrected chi connectivity index (χ0v) is 48.7. The van der Waals surface area contributed by atoms with E-state index in [0.29, 0.717) is 6.42 Å². The van der Waals surface area contributed by atoms with Crippen LogP contribution in [0.3, 0.4) is 0 Å². The highest BCUT2D eigenvalue weighted by Crippen LogP contribution is 2.23. The molecule has 0 aliphatic carbocycles. The first-order chi connectivity index (χ1) is 37.8. The minimum Gasteiger partial charge on any atom is -0.394 e. The second kappa shape index (κ2) is 55.6. The number of carbonyl (C=O) groups excluding carboxylic acids is 1. The predicted octanol–water partition coefficient (Wildman–Crippen LogP) is 16.1. The minimum absolute atomic E-state index is 0.214. The van der Waals surface area contributed by atoms with Crippen molar-refractivity contribution in [3.05, 3.63) is 134 Å². The molecule has 1 rings (SSSR count). The summed E-state index contributed by atoms with van der Waals surface area (Å²) in [4.78, 5) is 13.1. The summed E-state index contributed by atoms with van der Waals surface area (Å²) in [6, 6.07) is -0.840. The molecule has 1 aliphatic heterocycles. The highest BCUT2D eigenvalue weighted by Gasteiger charge is 2.44. The Labute approximate surface area is 471 Å². The van der Waals surface area contributed by atoms with Gasteiger partial charge in [-0.1, -0.05) is 263 Å². The average Bonchev–Trinajstić information content (AvgIpc) is 3.43. The van der Waals surface area contributed by atoms with Gasteiger partial charge in [0.25, 0.3) is 0 Å². The first-order valence-electron chi connectivity index (χ1n) is 30.9. The maximum absolute atomic E-state index is 13.1. The SMILES string of the molecule is CC/C=C\C/C=C\C/C=C\C/C=C\C/C=C\C/C=C\C/C=C\C/C=C\C/C=C\C/C=C\CCCCC(=O)NC(COC1OC(CO)C(O)C(O)C1O)C(O)/C=C/CCCCCCCCCCCCCCCCCCCCC. The minimum atomic E-state index is -1.58. The maximum Gasteiger partial charge on any atom is 0.220 e. The molecule has 0 aromatic rings. The Hall–Kier alpha value is -3.67. The molecule has 9 nitrogen and oxygen atoms in total. The molecule has 1 amide bonds. The van der Waals surface area contributed by atoms with Crippen molar-refractivity contribution >= 4 is 5.91 Å². The number of hydrogen-bond donors (Lipinski definition) is 6. The van der Waals surface area contributed by atoms with Crippen LogP contribution in [-0.4, -0.2) is 87.5 Å². The molecule has 77 heavy (non-hydrogen) atoms.